The van der Waals surface area contributed by atoms with Gasteiger partial charge in [-0.2, -0.15) is 0 Å². The Morgan fingerprint density at radius 3 is 2.32 bits per heavy atom. The summed E-state index contributed by atoms with van der Waals surface area (Å²) in [6, 6.07) is -0.759. The van der Waals surface area contributed by atoms with E-state index in [-0.39, 0.29) is 11.8 Å². The van der Waals surface area contributed by atoms with Crippen LogP contribution in [0.5, 0.6) is 0 Å². The molecule has 1 aliphatic rings. The Balaban J connectivity index is 2.67. The first-order valence-electron chi connectivity index (χ1n) is 7.17. The minimum atomic E-state index is -0.924. The predicted octanol–water partition coefficient (Wildman–Crippen LogP) is 1.52. The monoisotopic (exact) mass is 270 g/mol. The van der Waals surface area contributed by atoms with Crippen LogP contribution in [0.3, 0.4) is 0 Å². The van der Waals surface area contributed by atoms with Gasteiger partial charge in [-0.15, -0.1) is 0 Å². The number of carboxylic acid groups (broad SMARTS) is 1. The van der Waals surface area contributed by atoms with Crippen LogP contribution in [0, 0.1) is 5.92 Å². The summed E-state index contributed by atoms with van der Waals surface area (Å²) in [7, 11) is 0. The van der Waals surface area contributed by atoms with E-state index >= 15 is 0 Å². The van der Waals surface area contributed by atoms with Gasteiger partial charge in [0.25, 0.3) is 0 Å². The zero-order valence-electron chi connectivity index (χ0n) is 12.2. The molecule has 3 N–H and O–H groups in total. The Morgan fingerprint density at radius 1 is 1.26 bits per heavy atom. The molecule has 0 saturated heterocycles. The molecular weight excluding hydrogens is 244 g/mol. The predicted molar refractivity (Wildman–Crippen MR) is 73.9 cm³/mol. The summed E-state index contributed by atoms with van der Waals surface area (Å²) < 4.78 is 0. The summed E-state index contributed by atoms with van der Waals surface area (Å²) in [6.45, 7) is 6.13. The molecule has 0 aromatic heterocycles. The summed E-state index contributed by atoms with van der Waals surface area (Å²) >= 11 is 0. The number of carbonyl (C=O) groups is 2. The van der Waals surface area contributed by atoms with E-state index in [4.69, 9.17) is 0 Å². The van der Waals surface area contributed by atoms with Crippen LogP contribution in [0.4, 0.5) is 0 Å². The molecule has 0 aliphatic heterocycles. The van der Waals surface area contributed by atoms with Crippen LogP contribution in [-0.4, -0.2) is 35.1 Å². The number of hydrogen-bond donors (Lipinski definition) is 3. The third kappa shape index (κ3) is 4.49. The van der Waals surface area contributed by atoms with E-state index in [0.717, 1.165) is 25.7 Å². The second-order valence-corrected chi connectivity index (χ2v) is 5.84. The lowest BCUT2D eigenvalue weighted by Gasteiger charge is -2.31. The van der Waals surface area contributed by atoms with E-state index in [0.29, 0.717) is 6.54 Å². The lowest BCUT2D eigenvalue weighted by molar-refractivity contribution is -0.144. The first kappa shape index (κ1) is 16.0. The summed E-state index contributed by atoms with van der Waals surface area (Å²) in [5.41, 5.74) is -0.739. The van der Waals surface area contributed by atoms with Gasteiger partial charge >= 0.3 is 5.97 Å². The fourth-order valence-corrected chi connectivity index (χ4v) is 2.69. The van der Waals surface area contributed by atoms with Gasteiger partial charge in [-0.25, -0.2) is 4.79 Å². The van der Waals surface area contributed by atoms with Crippen molar-refractivity contribution in [3.63, 3.8) is 0 Å². The van der Waals surface area contributed by atoms with E-state index in [1.807, 2.05) is 6.92 Å². The number of carbonyl (C=O) groups excluding carboxylic acids is 1. The zero-order valence-corrected chi connectivity index (χ0v) is 12.2. The molecule has 1 amide bonds. The molecule has 1 saturated carbocycles. The molecule has 0 radical (unpaired) electrons. The van der Waals surface area contributed by atoms with Gasteiger partial charge in [0.2, 0.25) is 5.91 Å². The first-order chi connectivity index (χ1) is 8.88. The zero-order chi connectivity index (χ0) is 14.5. The highest BCUT2D eigenvalue weighted by Gasteiger charge is 2.35. The fraction of sp³-hybridized carbons (Fsp3) is 0.857. The van der Waals surface area contributed by atoms with Crippen molar-refractivity contribution in [2.45, 2.75) is 64.5 Å². The number of rotatable bonds is 6. The van der Waals surface area contributed by atoms with Crippen LogP contribution in [-0.2, 0) is 9.59 Å². The Labute approximate surface area is 115 Å². The molecule has 1 rings (SSSR count). The van der Waals surface area contributed by atoms with Gasteiger partial charge in [-0.05, 0) is 39.2 Å². The third-order valence-corrected chi connectivity index (χ3v) is 3.86. The third-order valence-electron chi connectivity index (χ3n) is 3.86. The standard InChI is InChI=1S/C14H26N2O3/c1-4-15-14(2,3)13(19)16-11(12(17)18)10-8-6-5-7-9-10/h10-11,15H,4-9H2,1-3H3,(H,16,19)(H,17,18). The molecule has 110 valence electrons. The van der Waals surface area contributed by atoms with Crippen molar-refractivity contribution >= 4 is 11.9 Å². The molecule has 5 nitrogen and oxygen atoms in total. The average molecular weight is 270 g/mol. The Kier molecular flexibility index (Phi) is 5.79. The van der Waals surface area contributed by atoms with Gasteiger partial charge in [-0.1, -0.05) is 26.2 Å². The Morgan fingerprint density at radius 2 is 1.84 bits per heavy atom. The summed E-state index contributed by atoms with van der Waals surface area (Å²) in [4.78, 5) is 23.6. The van der Waals surface area contributed by atoms with E-state index in [1.54, 1.807) is 13.8 Å². The van der Waals surface area contributed by atoms with Crippen LogP contribution in [0.15, 0.2) is 0 Å². The molecule has 0 bridgehead atoms. The van der Waals surface area contributed by atoms with E-state index in [2.05, 4.69) is 10.6 Å². The molecule has 0 aromatic rings. The smallest absolute Gasteiger partial charge is 0.326 e. The lowest BCUT2D eigenvalue weighted by Crippen LogP contribution is -2.58. The van der Waals surface area contributed by atoms with Gasteiger partial charge in [0.05, 0.1) is 5.54 Å². The van der Waals surface area contributed by atoms with Crippen molar-refractivity contribution < 1.29 is 14.7 Å². The van der Waals surface area contributed by atoms with Crippen molar-refractivity contribution in [3.8, 4) is 0 Å². The Bertz CT molecular complexity index is 323. The van der Waals surface area contributed by atoms with Crippen LogP contribution < -0.4 is 10.6 Å². The number of carboxylic acids is 1. The second kappa shape index (κ2) is 6.89. The molecule has 1 atom stereocenters. The molecule has 19 heavy (non-hydrogen) atoms. The minimum absolute atomic E-state index is 0.0626. The molecule has 1 aliphatic carbocycles. The summed E-state index contributed by atoms with van der Waals surface area (Å²) in [5, 5.41) is 15.1. The minimum Gasteiger partial charge on any atom is -0.480 e. The van der Waals surface area contributed by atoms with Crippen molar-refractivity contribution in [3.05, 3.63) is 0 Å². The van der Waals surface area contributed by atoms with Gasteiger partial charge in [0.15, 0.2) is 0 Å². The van der Waals surface area contributed by atoms with E-state index in [1.165, 1.54) is 6.42 Å². The SMILES string of the molecule is CCNC(C)(C)C(=O)NC(C(=O)O)C1CCCCC1. The highest BCUT2D eigenvalue weighted by molar-refractivity contribution is 5.89. The van der Waals surface area contributed by atoms with Crippen LogP contribution in [0.2, 0.25) is 0 Å². The molecule has 0 spiro atoms. The summed E-state index contributed by atoms with van der Waals surface area (Å²) in [5.74, 6) is -1.10. The maximum atomic E-state index is 12.2. The van der Waals surface area contributed by atoms with Crippen molar-refractivity contribution in [2.75, 3.05) is 6.54 Å². The fourth-order valence-electron chi connectivity index (χ4n) is 2.69. The molecule has 5 heteroatoms. The molecule has 1 unspecified atom stereocenters. The number of amides is 1. The van der Waals surface area contributed by atoms with Crippen molar-refractivity contribution in [2.24, 2.45) is 5.92 Å². The molecule has 1 fully saturated rings. The van der Waals surface area contributed by atoms with Crippen molar-refractivity contribution in [1.29, 1.82) is 0 Å². The second-order valence-electron chi connectivity index (χ2n) is 5.84. The number of hydrogen-bond acceptors (Lipinski definition) is 3. The van der Waals surface area contributed by atoms with Crippen molar-refractivity contribution in [1.82, 2.24) is 10.6 Å². The summed E-state index contributed by atoms with van der Waals surface area (Å²) in [6.07, 6.45) is 5.05. The first-order valence-corrected chi connectivity index (χ1v) is 7.17. The molecule has 0 heterocycles. The Hall–Kier alpha value is -1.10. The topological polar surface area (TPSA) is 78.4 Å². The maximum absolute atomic E-state index is 12.2. The van der Waals surface area contributed by atoms with Gasteiger partial charge in [-0.3, -0.25) is 4.79 Å². The maximum Gasteiger partial charge on any atom is 0.326 e. The normalized spacial score (nSPS) is 18.9. The number of likely N-dealkylation sites (N-methyl/N-ethyl adjacent to an activating group) is 1. The molecule has 0 aromatic carbocycles. The number of nitrogens with one attached hydrogen (secondary N) is 2. The van der Waals surface area contributed by atoms with E-state index in [9.17, 15) is 14.7 Å². The lowest BCUT2D eigenvalue weighted by atomic mass is 9.83. The van der Waals surface area contributed by atoms with Gasteiger partial charge < -0.3 is 15.7 Å². The van der Waals surface area contributed by atoms with Gasteiger partial charge in [0, 0.05) is 0 Å². The average Bonchev–Trinajstić information content (AvgIpc) is 2.36. The highest BCUT2D eigenvalue weighted by Crippen LogP contribution is 2.27. The van der Waals surface area contributed by atoms with Crippen LogP contribution in [0.1, 0.15) is 52.9 Å². The highest BCUT2D eigenvalue weighted by atomic mass is 16.4. The quantitative estimate of drug-likeness (QED) is 0.684. The molecular formula is C14H26N2O3. The van der Waals surface area contributed by atoms with E-state index < -0.39 is 17.6 Å². The van der Waals surface area contributed by atoms with Crippen LogP contribution in [0.25, 0.3) is 0 Å². The largest absolute Gasteiger partial charge is 0.480 e. The van der Waals surface area contributed by atoms with Gasteiger partial charge in [0.1, 0.15) is 6.04 Å². The number of aliphatic carboxylic acids is 1. The van der Waals surface area contributed by atoms with Crippen LogP contribution >= 0.6 is 0 Å².